The summed E-state index contributed by atoms with van der Waals surface area (Å²) in [5.74, 6) is -1.01. The summed E-state index contributed by atoms with van der Waals surface area (Å²) >= 11 is 0. The third-order valence-corrected chi connectivity index (χ3v) is 4.02. The predicted molar refractivity (Wildman–Crippen MR) is 80.9 cm³/mol. The molecule has 3 rings (SSSR count). The Bertz CT molecular complexity index is 604. The monoisotopic (exact) mass is 282 g/mol. The maximum atomic E-state index is 11.1. The molecule has 108 valence electrons. The van der Waals surface area contributed by atoms with Gasteiger partial charge in [-0.25, -0.2) is 0 Å². The molecule has 1 fully saturated rings. The molecule has 0 spiro atoms. The molecule has 0 saturated carbocycles. The van der Waals surface area contributed by atoms with Crippen molar-refractivity contribution in [2.75, 3.05) is 6.61 Å². The summed E-state index contributed by atoms with van der Waals surface area (Å²) in [5.41, 5.74) is 3.39. The van der Waals surface area contributed by atoms with Crippen LogP contribution in [0.25, 0.3) is 11.1 Å². The van der Waals surface area contributed by atoms with E-state index in [0.29, 0.717) is 19.4 Å². The largest absolute Gasteiger partial charge is 0.481 e. The molecular formula is C18H18O3. The van der Waals surface area contributed by atoms with E-state index >= 15 is 0 Å². The Balaban J connectivity index is 1.76. The molecule has 3 heteroatoms. The van der Waals surface area contributed by atoms with Crippen LogP contribution >= 0.6 is 0 Å². The van der Waals surface area contributed by atoms with Gasteiger partial charge in [0.25, 0.3) is 0 Å². The number of carbonyl (C=O) groups is 1. The van der Waals surface area contributed by atoms with Gasteiger partial charge in [0.1, 0.15) is 0 Å². The zero-order valence-electron chi connectivity index (χ0n) is 11.7. The van der Waals surface area contributed by atoms with Crippen LogP contribution in [0.3, 0.4) is 0 Å². The van der Waals surface area contributed by atoms with Gasteiger partial charge >= 0.3 is 5.97 Å². The zero-order valence-corrected chi connectivity index (χ0v) is 11.7. The zero-order chi connectivity index (χ0) is 14.7. The van der Waals surface area contributed by atoms with Crippen LogP contribution in [0.1, 0.15) is 24.5 Å². The Labute approximate surface area is 124 Å². The third kappa shape index (κ3) is 3.14. The van der Waals surface area contributed by atoms with Crippen molar-refractivity contribution >= 4 is 5.97 Å². The third-order valence-electron chi connectivity index (χ3n) is 4.02. The second-order valence-electron chi connectivity index (χ2n) is 5.41. The van der Waals surface area contributed by atoms with Crippen molar-refractivity contribution in [1.29, 1.82) is 0 Å². The van der Waals surface area contributed by atoms with Gasteiger partial charge in [-0.05, 0) is 29.5 Å². The lowest BCUT2D eigenvalue weighted by Crippen LogP contribution is -2.25. The Morgan fingerprint density at radius 2 is 1.67 bits per heavy atom. The van der Waals surface area contributed by atoms with Crippen molar-refractivity contribution < 1.29 is 14.6 Å². The van der Waals surface area contributed by atoms with E-state index in [0.717, 1.165) is 11.1 Å². The molecule has 2 atom stereocenters. The summed E-state index contributed by atoms with van der Waals surface area (Å²) in [7, 11) is 0. The van der Waals surface area contributed by atoms with E-state index in [9.17, 15) is 4.79 Å². The second kappa shape index (κ2) is 6.10. The van der Waals surface area contributed by atoms with Crippen molar-refractivity contribution in [3.8, 4) is 11.1 Å². The van der Waals surface area contributed by atoms with Gasteiger partial charge in [0.15, 0.2) is 0 Å². The highest BCUT2D eigenvalue weighted by atomic mass is 16.5. The maximum Gasteiger partial charge on any atom is 0.306 e. The fourth-order valence-corrected chi connectivity index (χ4v) is 2.77. The Morgan fingerprint density at radius 3 is 2.33 bits per heavy atom. The molecule has 1 aliphatic heterocycles. The van der Waals surface area contributed by atoms with Crippen LogP contribution in [0.2, 0.25) is 0 Å². The number of carboxylic acid groups (broad SMARTS) is 1. The van der Waals surface area contributed by atoms with Crippen LogP contribution < -0.4 is 0 Å². The number of hydrogen-bond acceptors (Lipinski definition) is 2. The van der Waals surface area contributed by atoms with Gasteiger partial charge in [-0.2, -0.15) is 0 Å². The molecule has 1 aliphatic rings. The number of aliphatic carboxylic acids is 1. The Kier molecular flexibility index (Phi) is 4.02. The molecule has 1 saturated heterocycles. The highest BCUT2D eigenvalue weighted by molar-refractivity contribution is 5.70. The van der Waals surface area contributed by atoms with Gasteiger partial charge in [-0.15, -0.1) is 0 Å². The lowest BCUT2D eigenvalue weighted by Gasteiger charge is -2.27. The minimum Gasteiger partial charge on any atom is -0.481 e. The fourth-order valence-electron chi connectivity index (χ4n) is 2.77. The number of ether oxygens (including phenoxy) is 1. The normalized spacial score (nSPS) is 21.9. The van der Waals surface area contributed by atoms with E-state index in [1.54, 1.807) is 0 Å². The molecule has 21 heavy (non-hydrogen) atoms. The van der Waals surface area contributed by atoms with E-state index in [4.69, 9.17) is 9.84 Å². The van der Waals surface area contributed by atoms with Crippen LogP contribution in [0.5, 0.6) is 0 Å². The SMILES string of the molecule is O=C(O)C1CCOC(c2ccc(-c3ccccc3)cc2)C1. The van der Waals surface area contributed by atoms with E-state index in [-0.39, 0.29) is 12.0 Å². The number of carboxylic acids is 1. The van der Waals surface area contributed by atoms with Crippen molar-refractivity contribution in [2.45, 2.75) is 18.9 Å². The molecular weight excluding hydrogens is 264 g/mol. The van der Waals surface area contributed by atoms with Gasteiger partial charge < -0.3 is 9.84 Å². The van der Waals surface area contributed by atoms with Crippen LogP contribution in [-0.2, 0) is 9.53 Å². The van der Waals surface area contributed by atoms with E-state index in [2.05, 4.69) is 24.3 Å². The average Bonchev–Trinajstić information content (AvgIpc) is 2.56. The molecule has 1 heterocycles. The molecule has 0 aliphatic carbocycles. The van der Waals surface area contributed by atoms with Crippen molar-refractivity contribution in [1.82, 2.24) is 0 Å². The minimum atomic E-state index is -0.718. The Morgan fingerprint density at radius 1 is 1.00 bits per heavy atom. The fraction of sp³-hybridized carbons (Fsp3) is 0.278. The van der Waals surface area contributed by atoms with Crippen LogP contribution in [0.4, 0.5) is 0 Å². The lowest BCUT2D eigenvalue weighted by molar-refractivity contribution is -0.147. The summed E-state index contributed by atoms with van der Waals surface area (Å²) in [6.07, 6.45) is 1.05. The molecule has 3 nitrogen and oxygen atoms in total. The number of rotatable bonds is 3. The van der Waals surface area contributed by atoms with Gasteiger partial charge in [-0.1, -0.05) is 54.6 Å². The smallest absolute Gasteiger partial charge is 0.306 e. The van der Waals surface area contributed by atoms with Gasteiger partial charge in [0, 0.05) is 6.61 Å². The molecule has 0 radical (unpaired) electrons. The van der Waals surface area contributed by atoms with Gasteiger partial charge in [0.05, 0.1) is 12.0 Å². The molecule has 1 N–H and O–H groups in total. The summed E-state index contributed by atoms with van der Waals surface area (Å²) in [6.45, 7) is 0.516. The molecule has 2 aromatic carbocycles. The van der Waals surface area contributed by atoms with Gasteiger partial charge in [0.2, 0.25) is 0 Å². The molecule has 0 bridgehead atoms. The topological polar surface area (TPSA) is 46.5 Å². The quantitative estimate of drug-likeness (QED) is 0.928. The first kappa shape index (κ1) is 13.8. The summed E-state index contributed by atoms with van der Waals surface area (Å²) < 4.78 is 5.73. The Hall–Kier alpha value is -2.13. The molecule has 2 aromatic rings. The van der Waals surface area contributed by atoms with Crippen LogP contribution in [0, 0.1) is 5.92 Å². The summed E-state index contributed by atoms with van der Waals surface area (Å²) in [4.78, 5) is 11.1. The average molecular weight is 282 g/mol. The maximum absolute atomic E-state index is 11.1. The van der Waals surface area contributed by atoms with E-state index in [1.165, 1.54) is 5.56 Å². The highest BCUT2D eigenvalue weighted by Gasteiger charge is 2.28. The van der Waals surface area contributed by atoms with E-state index < -0.39 is 5.97 Å². The number of hydrogen-bond donors (Lipinski definition) is 1. The van der Waals surface area contributed by atoms with Crippen LogP contribution in [0.15, 0.2) is 54.6 Å². The van der Waals surface area contributed by atoms with Crippen molar-refractivity contribution in [3.05, 3.63) is 60.2 Å². The molecule has 0 amide bonds. The minimum absolute atomic E-state index is 0.107. The molecule has 0 aromatic heterocycles. The van der Waals surface area contributed by atoms with Crippen LogP contribution in [-0.4, -0.2) is 17.7 Å². The number of benzene rings is 2. The van der Waals surface area contributed by atoms with Crippen molar-refractivity contribution in [2.24, 2.45) is 5.92 Å². The summed E-state index contributed by atoms with van der Waals surface area (Å²) in [6, 6.07) is 18.4. The first-order valence-electron chi connectivity index (χ1n) is 7.24. The first-order chi connectivity index (χ1) is 10.2. The van der Waals surface area contributed by atoms with Gasteiger partial charge in [-0.3, -0.25) is 4.79 Å². The highest BCUT2D eigenvalue weighted by Crippen LogP contribution is 2.32. The lowest BCUT2D eigenvalue weighted by atomic mass is 9.91. The molecule has 2 unspecified atom stereocenters. The van der Waals surface area contributed by atoms with E-state index in [1.807, 2.05) is 30.3 Å². The summed E-state index contributed by atoms with van der Waals surface area (Å²) in [5, 5.41) is 9.14. The van der Waals surface area contributed by atoms with Crippen molar-refractivity contribution in [3.63, 3.8) is 0 Å². The standard InChI is InChI=1S/C18H18O3/c19-18(20)16-10-11-21-17(12-16)15-8-6-14(7-9-15)13-4-2-1-3-5-13/h1-9,16-17H,10-12H2,(H,19,20). The second-order valence-corrected chi connectivity index (χ2v) is 5.41. The predicted octanol–water partition coefficient (Wildman–Crippen LogP) is 3.91. The first-order valence-corrected chi connectivity index (χ1v) is 7.24.